The van der Waals surface area contributed by atoms with E-state index in [1.165, 1.54) is 7.11 Å². The minimum Gasteiger partial charge on any atom is -0.483 e. The van der Waals surface area contributed by atoms with Crippen LogP contribution in [0, 0.1) is 11.3 Å². The molecular formula is C22H18N2O3. The van der Waals surface area contributed by atoms with Gasteiger partial charge in [0.2, 0.25) is 0 Å². The summed E-state index contributed by atoms with van der Waals surface area (Å²) in [6, 6.07) is 17.1. The molecule has 0 saturated heterocycles. The normalized spacial score (nSPS) is 14.7. The molecule has 0 atom stereocenters. The van der Waals surface area contributed by atoms with Gasteiger partial charge in [-0.3, -0.25) is 0 Å². The van der Waals surface area contributed by atoms with Crippen LogP contribution in [0.25, 0.3) is 16.6 Å². The van der Waals surface area contributed by atoms with E-state index in [2.05, 4.69) is 6.07 Å². The molecule has 2 aromatic carbocycles. The zero-order valence-corrected chi connectivity index (χ0v) is 15.3. The van der Waals surface area contributed by atoms with Gasteiger partial charge in [-0.15, -0.1) is 0 Å². The summed E-state index contributed by atoms with van der Waals surface area (Å²) in [5.41, 5.74) is 2.82. The lowest BCUT2D eigenvalue weighted by molar-refractivity contribution is 0.0592. The maximum Gasteiger partial charge on any atom is 0.355 e. The first-order valence-corrected chi connectivity index (χ1v) is 8.59. The van der Waals surface area contributed by atoms with Gasteiger partial charge in [-0.1, -0.05) is 18.2 Å². The van der Waals surface area contributed by atoms with Crippen molar-refractivity contribution in [2.45, 2.75) is 19.4 Å². The van der Waals surface area contributed by atoms with Gasteiger partial charge in [-0.05, 0) is 50.3 Å². The van der Waals surface area contributed by atoms with Crippen molar-refractivity contribution in [2.75, 3.05) is 7.11 Å². The molecule has 0 fully saturated rings. The lowest BCUT2D eigenvalue weighted by Gasteiger charge is -2.32. The van der Waals surface area contributed by atoms with Crippen LogP contribution in [0.15, 0.2) is 54.6 Å². The highest BCUT2D eigenvalue weighted by atomic mass is 16.5. The molecule has 3 aromatic rings. The number of benzene rings is 2. The van der Waals surface area contributed by atoms with Crippen LogP contribution in [0.5, 0.6) is 5.75 Å². The van der Waals surface area contributed by atoms with Crippen LogP contribution in [0.4, 0.5) is 0 Å². The predicted octanol–water partition coefficient (Wildman–Crippen LogP) is 4.36. The van der Waals surface area contributed by atoms with Gasteiger partial charge in [0.15, 0.2) is 0 Å². The summed E-state index contributed by atoms with van der Waals surface area (Å²) in [7, 11) is 1.37. The van der Waals surface area contributed by atoms with Crippen molar-refractivity contribution >= 4 is 22.6 Å². The van der Waals surface area contributed by atoms with E-state index in [4.69, 9.17) is 9.47 Å². The zero-order chi connectivity index (χ0) is 19.2. The number of carbonyl (C=O) groups is 1. The molecule has 1 aliphatic heterocycles. The number of para-hydroxylation sites is 1. The van der Waals surface area contributed by atoms with Gasteiger partial charge in [-0.25, -0.2) is 4.79 Å². The summed E-state index contributed by atoms with van der Waals surface area (Å²) in [5, 5.41) is 10.3. The predicted molar refractivity (Wildman–Crippen MR) is 103 cm³/mol. The SMILES string of the molecule is COC(=O)c1cc2ccccc2n1C1=CC(C)(C)Oc2ccc(C#N)cc21. The number of methoxy groups -OCH3 is 1. The van der Waals surface area contributed by atoms with Crippen LogP contribution >= 0.6 is 0 Å². The molecule has 1 aromatic heterocycles. The number of hydrogen-bond acceptors (Lipinski definition) is 4. The number of aromatic nitrogens is 1. The second kappa shape index (κ2) is 6.03. The van der Waals surface area contributed by atoms with Crippen molar-refractivity contribution in [2.24, 2.45) is 0 Å². The minimum atomic E-state index is -0.574. The molecule has 0 saturated carbocycles. The van der Waals surface area contributed by atoms with E-state index in [1.54, 1.807) is 18.2 Å². The van der Waals surface area contributed by atoms with Gasteiger partial charge in [-0.2, -0.15) is 5.26 Å². The first-order valence-electron chi connectivity index (χ1n) is 8.59. The van der Waals surface area contributed by atoms with Gasteiger partial charge >= 0.3 is 5.97 Å². The Labute approximate surface area is 157 Å². The van der Waals surface area contributed by atoms with E-state index in [-0.39, 0.29) is 0 Å². The molecule has 2 heterocycles. The van der Waals surface area contributed by atoms with Crippen molar-refractivity contribution in [3.63, 3.8) is 0 Å². The minimum absolute atomic E-state index is 0.422. The number of nitrogens with zero attached hydrogens (tertiary/aromatic N) is 2. The lowest BCUT2D eigenvalue weighted by atomic mass is 9.97. The molecule has 0 N–H and O–H groups in total. The summed E-state index contributed by atoms with van der Waals surface area (Å²) in [5.74, 6) is 0.250. The smallest absolute Gasteiger partial charge is 0.355 e. The number of carbonyl (C=O) groups excluding carboxylic acids is 1. The van der Waals surface area contributed by atoms with Gasteiger partial charge < -0.3 is 14.0 Å². The van der Waals surface area contributed by atoms with Crippen molar-refractivity contribution in [3.05, 3.63) is 71.4 Å². The lowest BCUT2D eigenvalue weighted by Crippen LogP contribution is -2.30. The Kier molecular flexibility index (Phi) is 3.78. The number of hydrogen-bond donors (Lipinski definition) is 0. The van der Waals surface area contributed by atoms with Crippen molar-refractivity contribution in [3.8, 4) is 11.8 Å². The molecular weight excluding hydrogens is 340 g/mol. The third-order valence-corrected chi connectivity index (χ3v) is 4.59. The summed E-state index contributed by atoms with van der Waals surface area (Å²) in [6.45, 7) is 3.91. The average Bonchev–Trinajstić information content (AvgIpc) is 3.05. The monoisotopic (exact) mass is 358 g/mol. The molecule has 0 bridgehead atoms. The third kappa shape index (κ3) is 2.76. The van der Waals surface area contributed by atoms with E-state index in [0.717, 1.165) is 22.2 Å². The fourth-order valence-electron chi connectivity index (χ4n) is 3.46. The van der Waals surface area contributed by atoms with Gasteiger partial charge in [0.25, 0.3) is 0 Å². The van der Waals surface area contributed by atoms with E-state index < -0.39 is 11.6 Å². The highest BCUT2D eigenvalue weighted by Gasteiger charge is 2.30. The third-order valence-electron chi connectivity index (χ3n) is 4.59. The molecule has 0 spiro atoms. The molecule has 5 nitrogen and oxygen atoms in total. The highest BCUT2D eigenvalue weighted by Crippen LogP contribution is 2.40. The first kappa shape index (κ1) is 16.9. The number of rotatable bonds is 2. The zero-order valence-electron chi connectivity index (χ0n) is 15.3. The molecule has 1 aliphatic rings. The standard InChI is InChI=1S/C22H18N2O3/c1-22(2)12-19(16-10-14(13-23)8-9-20(16)27-22)24-17-7-5-4-6-15(17)11-18(24)21(25)26-3/h4-12H,1-3H3. The van der Waals surface area contributed by atoms with Crippen molar-refractivity contribution in [1.29, 1.82) is 5.26 Å². The molecule has 0 unspecified atom stereocenters. The molecule has 134 valence electrons. The van der Waals surface area contributed by atoms with E-state index >= 15 is 0 Å². The fourth-order valence-corrected chi connectivity index (χ4v) is 3.46. The molecule has 0 aliphatic carbocycles. The number of esters is 1. The number of ether oxygens (including phenoxy) is 2. The van der Waals surface area contributed by atoms with Crippen molar-refractivity contribution in [1.82, 2.24) is 4.57 Å². The Morgan fingerprint density at radius 3 is 2.70 bits per heavy atom. The van der Waals surface area contributed by atoms with Gasteiger partial charge in [0.05, 0.1) is 30.0 Å². The second-order valence-corrected chi connectivity index (χ2v) is 6.97. The summed E-state index contributed by atoms with van der Waals surface area (Å²) >= 11 is 0. The Morgan fingerprint density at radius 1 is 1.19 bits per heavy atom. The molecule has 27 heavy (non-hydrogen) atoms. The van der Waals surface area contributed by atoms with Crippen LogP contribution in [-0.4, -0.2) is 23.2 Å². The molecule has 5 heteroatoms. The molecule has 4 rings (SSSR count). The summed E-state index contributed by atoms with van der Waals surface area (Å²) in [6.07, 6.45) is 1.97. The van der Waals surface area contributed by atoms with Crippen LogP contribution < -0.4 is 4.74 Å². The Balaban J connectivity index is 2.07. The van der Waals surface area contributed by atoms with E-state index in [0.29, 0.717) is 17.0 Å². The van der Waals surface area contributed by atoms with Crippen molar-refractivity contribution < 1.29 is 14.3 Å². The fraction of sp³-hybridized carbons (Fsp3) is 0.182. The second-order valence-electron chi connectivity index (χ2n) is 6.97. The summed E-state index contributed by atoms with van der Waals surface area (Å²) in [4.78, 5) is 12.5. The van der Waals surface area contributed by atoms with Crippen LogP contribution in [0.2, 0.25) is 0 Å². The van der Waals surface area contributed by atoms with E-state index in [1.807, 2.05) is 54.8 Å². The van der Waals surface area contributed by atoms with Crippen LogP contribution in [-0.2, 0) is 4.74 Å². The van der Waals surface area contributed by atoms with E-state index in [9.17, 15) is 10.1 Å². The first-order chi connectivity index (χ1) is 12.9. The van der Waals surface area contributed by atoms with Crippen LogP contribution in [0.3, 0.4) is 0 Å². The number of fused-ring (bicyclic) bond motifs is 2. The largest absolute Gasteiger partial charge is 0.483 e. The highest BCUT2D eigenvalue weighted by molar-refractivity contribution is 5.99. The Hall–Kier alpha value is -3.52. The molecule has 0 amide bonds. The van der Waals surface area contributed by atoms with Gasteiger partial charge in [0.1, 0.15) is 17.0 Å². The summed E-state index contributed by atoms with van der Waals surface area (Å²) < 4.78 is 13.0. The maximum absolute atomic E-state index is 12.5. The topological polar surface area (TPSA) is 64.2 Å². The van der Waals surface area contributed by atoms with Gasteiger partial charge in [0, 0.05) is 10.9 Å². The quantitative estimate of drug-likeness (QED) is 0.639. The van der Waals surface area contributed by atoms with Crippen LogP contribution in [0.1, 0.15) is 35.5 Å². The molecule has 0 radical (unpaired) electrons. The Bertz CT molecular complexity index is 1150. The Morgan fingerprint density at radius 2 is 1.96 bits per heavy atom. The maximum atomic E-state index is 12.5. The number of nitriles is 1. The average molecular weight is 358 g/mol.